The lowest BCUT2D eigenvalue weighted by atomic mass is 10.1. The molecule has 0 radical (unpaired) electrons. The van der Waals surface area contributed by atoms with Gasteiger partial charge in [-0.2, -0.15) is 0 Å². The third kappa shape index (κ3) is 2.91. The Kier molecular flexibility index (Phi) is 3.91. The van der Waals surface area contributed by atoms with E-state index in [1.54, 1.807) is 7.11 Å². The number of hydrogen-bond donors (Lipinski definition) is 2. The van der Waals surface area contributed by atoms with Crippen molar-refractivity contribution in [3.63, 3.8) is 0 Å². The first kappa shape index (κ1) is 12.7. The van der Waals surface area contributed by atoms with Gasteiger partial charge in [0.15, 0.2) is 11.5 Å². The standard InChI is InChI=1S/C12H16BrNO3/c1-16-11-5-7(13)4-9(10(14)6-15)12(11)17-8-2-3-8/h4-5,8,10,15H,2-3,6,14H2,1H3. The van der Waals surface area contributed by atoms with Gasteiger partial charge in [0.1, 0.15) is 0 Å². The van der Waals surface area contributed by atoms with Crippen molar-refractivity contribution in [2.75, 3.05) is 13.7 Å². The maximum absolute atomic E-state index is 9.18. The van der Waals surface area contributed by atoms with Gasteiger partial charge in [-0.05, 0) is 25.0 Å². The van der Waals surface area contributed by atoms with Gasteiger partial charge in [0.05, 0.1) is 25.9 Å². The van der Waals surface area contributed by atoms with E-state index in [0.29, 0.717) is 11.5 Å². The van der Waals surface area contributed by atoms with Crippen molar-refractivity contribution < 1.29 is 14.6 Å². The van der Waals surface area contributed by atoms with Crippen LogP contribution in [0.1, 0.15) is 24.4 Å². The summed E-state index contributed by atoms with van der Waals surface area (Å²) in [5, 5.41) is 9.18. The maximum Gasteiger partial charge on any atom is 0.166 e. The number of aliphatic hydroxyl groups is 1. The van der Waals surface area contributed by atoms with Crippen LogP contribution in [-0.4, -0.2) is 24.9 Å². The Bertz CT molecular complexity index is 407. The highest BCUT2D eigenvalue weighted by atomic mass is 79.9. The van der Waals surface area contributed by atoms with Gasteiger partial charge in [0.2, 0.25) is 0 Å². The fourth-order valence-electron chi connectivity index (χ4n) is 1.59. The molecule has 1 unspecified atom stereocenters. The smallest absolute Gasteiger partial charge is 0.166 e. The van der Waals surface area contributed by atoms with Gasteiger partial charge < -0.3 is 20.3 Å². The van der Waals surface area contributed by atoms with E-state index in [0.717, 1.165) is 22.9 Å². The number of nitrogens with two attached hydrogens (primary N) is 1. The molecule has 0 spiro atoms. The van der Waals surface area contributed by atoms with E-state index in [1.165, 1.54) is 0 Å². The van der Waals surface area contributed by atoms with Crippen LogP contribution in [0.5, 0.6) is 11.5 Å². The molecule has 1 atom stereocenters. The van der Waals surface area contributed by atoms with Crippen LogP contribution in [0.2, 0.25) is 0 Å². The first-order valence-corrected chi connectivity index (χ1v) is 6.35. The van der Waals surface area contributed by atoms with Crippen molar-refractivity contribution in [2.24, 2.45) is 5.73 Å². The molecule has 1 saturated carbocycles. The number of rotatable bonds is 5. The van der Waals surface area contributed by atoms with E-state index in [-0.39, 0.29) is 12.7 Å². The van der Waals surface area contributed by atoms with Gasteiger partial charge in [-0.3, -0.25) is 0 Å². The molecule has 0 heterocycles. The minimum atomic E-state index is -0.463. The second kappa shape index (κ2) is 5.25. The second-order valence-corrected chi connectivity index (χ2v) is 5.05. The molecule has 0 saturated heterocycles. The fraction of sp³-hybridized carbons (Fsp3) is 0.500. The number of halogens is 1. The number of ether oxygens (including phenoxy) is 2. The lowest BCUT2D eigenvalue weighted by molar-refractivity contribution is 0.251. The van der Waals surface area contributed by atoms with Crippen molar-refractivity contribution in [2.45, 2.75) is 25.0 Å². The molecule has 17 heavy (non-hydrogen) atoms. The molecule has 1 aromatic carbocycles. The molecule has 2 rings (SSSR count). The summed E-state index contributed by atoms with van der Waals surface area (Å²) in [6.07, 6.45) is 2.38. The van der Waals surface area contributed by atoms with Gasteiger partial charge in [0.25, 0.3) is 0 Å². The van der Waals surface area contributed by atoms with Crippen molar-refractivity contribution in [1.29, 1.82) is 0 Å². The third-order valence-corrected chi connectivity index (χ3v) is 3.13. The molecular formula is C12H16BrNO3. The molecule has 1 aliphatic rings. The van der Waals surface area contributed by atoms with Crippen LogP contribution in [0.25, 0.3) is 0 Å². The van der Waals surface area contributed by atoms with Crippen LogP contribution < -0.4 is 15.2 Å². The normalized spacial score (nSPS) is 16.7. The van der Waals surface area contributed by atoms with Crippen molar-refractivity contribution in [3.05, 3.63) is 22.2 Å². The summed E-state index contributed by atoms with van der Waals surface area (Å²) >= 11 is 3.39. The zero-order valence-electron chi connectivity index (χ0n) is 9.65. The predicted octanol–water partition coefficient (Wildman–Crippen LogP) is 1.99. The number of benzene rings is 1. The monoisotopic (exact) mass is 301 g/mol. The highest BCUT2D eigenvalue weighted by molar-refractivity contribution is 9.10. The van der Waals surface area contributed by atoms with E-state index in [2.05, 4.69) is 15.9 Å². The molecular weight excluding hydrogens is 286 g/mol. The zero-order chi connectivity index (χ0) is 12.4. The van der Waals surface area contributed by atoms with E-state index < -0.39 is 6.04 Å². The van der Waals surface area contributed by atoms with Crippen LogP contribution in [-0.2, 0) is 0 Å². The number of aliphatic hydroxyl groups excluding tert-OH is 1. The van der Waals surface area contributed by atoms with Crippen LogP contribution in [0.4, 0.5) is 0 Å². The summed E-state index contributed by atoms with van der Waals surface area (Å²) in [7, 11) is 1.59. The summed E-state index contributed by atoms with van der Waals surface area (Å²) in [6.45, 7) is -0.124. The molecule has 0 amide bonds. The average molecular weight is 302 g/mol. The first-order valence-electron chi connectivity index (χ1n) is 5.56. The van der Waals surface area contributed by atoms with E-state index in [4.69, 9.17) is 15.2 Å². The van der Waals surface area contributed by atoms with E-state index >= 15 is 0 Å². The highest BCUT2D eigenvalue weighted by Gasteiger charge is 2.27. The summed E-state index contributed by atoms with van der Waals surface area (Å²) in [5.74, 6) is 1.30. The van der Waals surface area contributed by atoms with Gasteiger partial charge in [0, 0.05) is 10.0 Å². The maximum atomic E-state index is 9.18. The Morgan fingerprint density at radius 2 is 2.24 bits per heavy atom. The summed E-state index contributed by atoms with van der Waals surface area (Å²) in [6, 6.07) is 3.24. The van der Waals surface area contributed by atoms with Crippen LogP contribution in [0, 0.1) is 0 Å². The Morgan fingerprint density at radius 3 is 2.76 bits per heavy atom. The Morgan fingerprint density at radius 1 is 1.53 bits per heavy atom. The average Bonchev–Trinajstić information content (AvgIpc) is 3.13. The second-order valence-electron chi connectivity index (χ2n) is 4.13. The van der Waals surface area contributed by atoms with Gasteiger partial charge in [-0.15, -0.1) is 0 Å². The van der Waals surface area contributed by atoms with Crippen LogP contribution in [0.3, 0.4) is 0 Å². The highest BCUT2D eigenvalue weighted by Crippen LogP contribution is 2.40. The van der Waals surface area contributed by atoms with Gasteiger partial charge in [-0.25, -0.2) is 0 Å². The quantitative estimate of drug-likeness (QED) is 0.873. The van der Waals surface area contributed by atoms with Gasteiger partial charge >= 0.3 is 0 Å². The van der Waals surface area contributed by atoms with E-state index in [9.17, 15) is 5.11 Å². The Hall–Kier alpha value is -0.780. The lowest BCUT2D eigenvalue weighted by Gasteiger charge is -2.18. The Labute approximate surface area is 109 Å². The molecule has 1 fully saturated rings. The largest absolute Gasteiger partial charge is 0.493 e. The molecule has 0 bridgehead atoms. The van der Waals surface area contributed by atoms with Crippen LogP contribution >= 0.6 is 15.9 Å². The Balaban J connectivity index is 2.40. The van der Waals surface area contributed by atoms with E-state index in [1.807, 2.05) is 12.1 Å². The van der Waals surface area contributed by atoms with Gasteiger partial charge in [-0.1, -0.05) is 15.9 Å². The molecule has 1 aliphatic carbocycles. The first-order chi connectivity index (χ1) is 8.15. The van der Waals surface area contributed by atoms with Crippen LogP contribution in [0.15, 0.2) is 16.6 Å². The lowest BCUT2D eigenvalue weighted by Crippen LogP contribution is -2.16. The zero-order valence-corrected chi connectivity index (χ0v) is 11.2. The van der Waals surface area contributed by atoms with Crippen molar-refractivity contribution >= 4 is 15.9 Å². The molecule has 4 nitrogen and oxygen atoms in total. The SMILES string of the molecule is COc1cc(Br)cc(C(N)CO)c1OC1CC1. The van der Waals surface area contributed by atoms with Crippen molar-refractivity contribution in [3.8, 4) is 11.5 Å². The molecule has 94 valence electrons. The number of methoxy groups -OCH3 is 1. The third-order valence-electron chi connectivity index (χ3n) is 2.67. The molecule has 0 aromatic heterocycles. The topological polar surface area (TPSA) is 64.7 Å². The minimum absolute atomic E-state index is 0.124. The summed E-state index contributed by atoms with van der Waals surface area (Å²) in [4.78, 5) is 0. The predicted molar refractivity (Wildman–Crippen MR) is 68.4 cm³/mol. The fourth-order valence-corrected chi connectivity index (χ4v) is 2.05. The summed E-state index contributed by atoms with van der Waals surface area (Å²) < 4.78 is 12.0. The number of hydrogen-bond acceptors (Lipinski definition) is 4. The molecule has 0 aliphatic heterocycles. The minimum Gasteiger partial charge on any atom is -0.493 e. The summed E-state index contributed by atoms with van der Waals surface area (Å²) in [5.41, 5.74) is 6.65. The van der Waals surface area contributed by atoms with Crippen molar-refractivity contribution in [1.82, 2.24) is 0 Å². The molecule has 1 aromatic rings. The molecule has 5 heteroatoms. The molecule has 3 N–H and O–H groups in total.